The van der Waals surface area contributed by atoms with E-state index in [2.05, 4.69) is 10.7 Å². The lowest BCUT2D eigenvalue weighted by atomic mass is 10.7. The summed E-state index contributed by atoms with van der Waals surface area (Å²) in [6, 6.07) is -0.667. The number of aliphatic imine (C=N–C) groups is 1. The van der Waals surface area contributed by atoms with Crippen LogP contribution in [0.15, 0.2) is 15.2 Å². The topological polar surface area (TPSA) is 55.5 Å². The van der Waals surface area contributed by atoms with Gasteiger partial charge in [0.15, 0.2) is 0 Å². The third-order valence-corrected chi connectivity index (χ3v) is 0.776. The summed E-state index contributed by atoms with van der Waals surface area (Å²) in [4.78, 5) is 13.1. The smallest absolute Gasteiger partial charge is 0.338 e. The van der Waals surface area contributed by atoms with Gasteiger partial charge in [0.2, 0.25) is 0 Å². The highest BCUT2D eigenvalue weighted by atomic mass is 127. The lowest BCUT2D eigenvalue weighted by Crippen LogP contribution is -2.03. The number of carbonyl (C=O) groups is 1. The molecule has 0 rings (SSSR count). The summed E-state index contributed by atoms with van der Waals surface area (Å²) < 4.78 is 1.73. The van der Waals surface area contributed by atoms with Crippen LogP contribution in [0.2, 0.25) is 0 Å². The quantitative estimate of drug-likeness (QED) is 0.525. The van der Waals surface area contributed by atoms with Crippen molar-refractivity contribution in [1.29, 1.82) is 0 Å². The summed E-state index contributed by atoms with van der Waals surface area (Å²) >= 11 is 2.01. The highest BCUT2D eigenvalue weighted by molar-refractivity contribution is 14.1. The molecular weight excluding hydrogens is 219 g/mol. The van der Waals surface area contributed by atoms with Crippen LogP contribution in [0, 0.1) is 0 Å². The fourth-order valence-electron chi connectivity index (χ4n) is 0.149. The molecule has 0 atom stereocenters. The molecule has 0 bridgehead atoms. The Balaban J connectivity index is 3.50. The lowest BCUT2D eigenvalue weighted by molar-refractivity contribution is 0.257. The number of halogens is 1. The van der Waals surface area contributed by atoms with Gasteiger partial charge in [0.25, 0.3) is 0 Å². The number of nitrogens with two attached hydrogens (primary N) is 1. The molecule has 44 valence electrons. The molecule has 0 aliphatic rings. The van der Waals surface area contributed by atoms with Crippen LogP contribution in [-0.4, -0.2) is 12.2 Å². The minimum Gasteiger partial charge on any atom is -0.350 e. The van der Waals surface area contributed by atoms with Gasteiger partial charge in [0.05, 0.1) is 0 Å². The summed E-state index contributed by atoms with van der Waals surface area (Å²) in [6.45, 7) is 0. The number of primary amides is 1. The first-order valence-electron chi connectivity index (χ1n) is 1.86. The van der Waals surface area contributed by atoms with Gasteiger partial charge in [-0.25, -0.2) is 9.79 Å². The maximum atomic E-state index is 9.86. The van der Waals surface area contributed by atoms with E-state index in [1.54, 1.807) is 10.2 Å². The van der Waals surface area contributed by atoms with Crippen LogP contribution >= 0.6 is 22.6 Å². The average Bonchev–Trinajstić information content (AvgIpc) is 1.66. The van der Waals surface area contributed by atoms with E-state index in [1.165, 1.54) is 6.21 Å². The second kappa shape index (κ2) is 4.76. The minimum absolute atomic E-state index is 0.667. The van der Waals surface area contributed by atoms with Gasteiger partial charge in [0.1, 0.15) is 0 Å². The van der Waals surface area contributed by atoms with Crippen LogP contribution in [0.4, 0.5) is 4.79 Å². The predicted octanol–water partition coefficient (Wildman–Crippen LogP) is 1.08. The molecule has 0 aliphatic carbocycles. The Kier molecular flexibility index (Phi) is 4.53. The number of carbonyl (C=O) groups excluding carboxylic acids is 1. The van der Waals surface area contributed by atoms with E-state index < -0.39 is 6.03 Å². The molecule has 0 aromatic heterocycles. The van der Waals surface area contributed by atoms with Gasteiger partial charge in [0, 0.05) is 6.21 Å². The molecule has 0 fully saturated rings. The first-order chi connectivity index (χ1) is 3.77. The first-order valence-corrected chi connectivity index (χ1v) is 3.11. The van der Waals surface area contributed by atoms with Crippen molar-refractivity contribution in [2.75, 3.05) is 0 Å². The van der Waals surface area contributed by atoms with E-state index in [-0.39, 0.29) is 0 Å². The van der Waals surface area contributed by atoms with Crippen LogP contribution in [0.1, 0.15) is 0 Å². The van der Waals surface area contributed by atoms with Crippen molar-refractivity contribution in [3.63, 3.8) is 0 Å². The molecule has 0 saturated carbocycles. The molecule has 0 saturated heterocycles. The molecule has 0 spiro atoms. The van der Waals surface area contributed by atoms with Crippen molar-refractivity contribution in [2.24, 2.45) is 10.7 Å². The summed E-state index contributed by atoms with van der Waals surface area (Å²) in [5, 5.41) is 0. The summed E-state index contributed by atoms with van der Waals surface area (Å²) in [5.41, 5.74) is 4.66. The zero-order chi connectivity index (χ0) is 6.41. The summed E-state index contributed by atoms with van der Waals surface area (Å²) in [5.74, 6) is 0. The standard InChI is InChI=1S/C4H5IN2O/c5-2-1-3-7-4(6)8/h1-3H,(H2,6,8)/b2-1-,7-3?. The van der Waals surface area contributed by atoms with Crippen LogP contribution in [0.5, 0.6) is 0 Å². The lowest BCUT2D eigenvalue weighted by Gasteiger charge is -1.73. The zero-order valence-electron chi connectivity index (χ0n) is 4.04. The molecule has 8 heavy (non-hydrogen) atoms. The van der Waals surface area contributed by atoms with Gasteiger partial charge in [-0.1, -0.05) is 22.6 Å². The molecule has 0 heterocycles. The number of hydrogen-bond donors (Lipinski definition) is 1. The summed E-state index contributed by atoms with van der Waals surface area (Å²) in [6.07, 6.45) is 2.96. The Morgan fingerprint density at radius 1 is 1.75 bits per heavy atom. The molecule has 4 heteroatoms. The van der Waals surface area contributed by atoms with Crippen molar-refractivity contribution in [3.05, 3.63) is 10.2 Å². The molecule has 0 aromatic rings. The zero-order valence-corrected chi connectivity index (χ0v) is 6.20. The maximum Gasteiger partial charge on any atom is 0.338 e. The molecule has 2 N–H and O–H groups in total. The SMILES string of the molecule is NC(=O)N=C/C=C\I. The highest BCUT2D eigenvalue weighted by Gasteiger charge is 1.76. The van der Waals surface area contributed by atoms with Crippen molar-refractivity contribution in [3.8, 4) is 0 Å². The fraction of sp³-hybridized carbons (Fsp3) is 0. The van der Waals surface area contributed by atoms with E-state index in [1.807, 2.05) is 22.6 Å². The van der Waals surface area contributed by atoms with Crippen LogP contribution in [0.3, 0.4) is 0 Å². The third kappa shape index (κ3) is 5.61. The van der Waals surface area contributed by atoms with Gasteiger partial charge in [-0.05, 0) is 10.2 Å². The normalized spacial score (nSPS) is 11.1. The number of amides is 2. The third-order valence-electron chi connectivity index (χ3n) is 0.361. The van der Waals surface area contributed by atoms with Crippen molar-refractivity contribution >= 4 is 34.8 Å². The Morgan fingerprint density at radius 3 is 2.75 bits per heavy atom. The minimum atomic E-state index is -0.667. The van der Waals surface area contributed by atoms with E-state index in [0.717, 1.165) is 0 Å². The Hall–Kier alpha value is -0.390. The van der Waals surface area contributed by atoms with Crippen molar-refractivity contribution < 1.29 is 4.79 Å². The Labute approximate surface area is 60.8 Å². The molecule has 0 radical (unpaired) electrons. The number of rotatable bonds is 1. The highest BCUT2D eigenvalue weighted by Crippen LogP contribution is 1.79. The molecule has 2 amide bonds. The van der Waals surface area contributed by atoms with E-state index in [4.69, 9.17) is 0 Å². The fourth-order valence-corrected chi connectivity index (χ4v) is 0.335. The van der Waals surface area contributed by atoms with E-state index in [9.17, 15) is 4.79 Å². The molecule has 0 unspecified atom stereocenters. The van der Waals surface area contributed by atoms with Crippen LogP contribution in [-0.2, 0) is 0 Å². The van der Waals surface area contributed by atoms with Gasteiger partial charge >= 0.3 is 6.03 Å². The first kappa shape index (κ1) is 7.61. The van der Waals surface area contributed by atoms with Crippen molar-refractivity contribution in [2.45, 2.75) is 0 Å². The average molecular weight is 224 g/mol. The molecule has 0 aliphatic heterocycles. The number of allylic oxidation sites excluding steroid dienone is 1. The Bertz CT molecular complexity index is 130. The largest absolute Gasteiger partial charge is 0.350 e. The van der Waals surface area contributed by atoms with E-state index in [0.29, 0.717) is 0 Å². The van der Waals surface area contributed by atoms with Gasteiger partial charge in [-0.2, -0.15) is 0 Å². The molecular formula is C4H5IN2O. The molecule has 0 aromatic carbocycles. The number of hydrogen-bond acceptors (Lipinski definition) is 1. The van der Waals surface area contributed by atoms with Gasteiger partial charge in [-0.3, -0.25) is 0 Å². The summed E-state index contributed by atoms with van der Waals surface area (Å²) in [7, 11) is 0. The number of nitrogens with zero attached hydrogens (tertiary/aromatic N) is 1. The Morgan fingerprint density at radius 2 is 2.38 bits per heavy atom. The van der Waals surface area contributed by atoms with Gasteiger partial charge < -0.3 is 5.73 Å². The second-order valence-electron chi connectivity index (χ2n) is 0.935. The molecule has 3 nitrogen and oxygen atoms in total. The predicted molar refractivity (Wildman–Crippen MR) is 41.2 cm³/mol. The maximum absolute atomic E-state index is 9.86. The van der Waals surface area contributed by atoms with Gasteiger partial charge in [-0.15, -0.1) is 0 Å². The second-order valence-corrected chi connectivity index (χ2v) is 1.65. The van der Waals surface area contributed by atoms with Crippen molar-refractivity contribution in [1.82, 2.24) is 0 Å². The monoisotopic (exact) mass is 224 g/mol. The van der Waals surface area contributed by atoms with E-state index >= 15 is 0 Å². The van der Waals surface area contributed by atoms with Crippen LogP contribution < -0.4 is 5.73 Å². The van der Waals surface area contributed by atoms with Crippen LogP contribution in [0.25, 0.3) is 0 Å². The number of urea groups is 1.